The normalized spacial score (nSPS) is 10.7. The molecule has 2 N–H and O–H groups in total. The molecule has 0 bridgehead atoms. The van der Waals surface area contributed by atoms with E-state index in [1.165, 1.54) is 22.7 Å². The maximum Gasteiger partial charge on any atom is 0.328 e. The van der Waals surface area contributed by atoms with Gasteiger partial charge in [0.15, 0.2) is 0 Å². The second kappa shape index (κ2) is 9.11. The largest absolute Gasteiger partial charge is 0.497 e. The van der Waals surface area contributed by atoms with Gasteiger partial charge in [0, 0.05) is 22.0 Å². The van der Waals surface area contributed by atoms with Crippen molar-refractivity contribution in [1.82, 2.24) is 19.9 Å². The van der Waals surface area contributed by atoms with E-state index in [9.17, 15) is 14.4 Å². The Bertz CT molecular complexity index is 1300. The van der Waals surface area contributed by atoms with Gasteiger partial charge in [-0.05, 0) is 35.7 Å². The van der Waals surface area contributed by atoms with E-state index in [1.54, 1.807) is 7.11 Å². The minimum Gasteiger partial charge on any atom is -0.497 e. The van der Waals surface area contributed by atoms with Crippen molar-refractivity contribution in [3.8, 4) is 16.3 Å². The number of hydrogen-bond acceptors (Lipinski definition) is 7. The second-order valence-corrected chi connectivity index (χ2v) is 8.42. The summed E-state index contributed by atoms with van der Waals surface area (Å²) in [6.45, 7) is 0.277. The number of aromatic nitrogens is 3. The first-order valence-corrected chi connectivity index (χ1v) is 11.0. The van der Waals surface area contributed by atoms with Crippen LogP contribution in [0, 0.1) is 0 Å². The van der Waals surface area contributed by atoms with Crippen LogP contribution in [0.25, 0.3) is 10.6 Å². The molecule has 158 valence electrons. The van der Waals surface area contributed by atoms with E-state index in [-0.39, 0.29) is 18.7 Å². The molecule has 4 rings (SSSR count). The van der Waals surface area contributed by atoms with Crippen LogP contribution in [-0.2, 0) is 13.1 Å². The van der Waals surface area contributed by atoms with Crippen LogP contribution in [0.15, 0.2) is 62.9 Å². The standard InChI is InChI=1S/C21H18N4O4S2/c1-29-15-6-4-13(5-7-15)19-24-14(12-31-19)9-22-18(26)17-10-23-21(28)25(20(17)27)11-16-3-2-8-30-16/h2-8,10,12H,9,11H2,1H3,(H,22,26)(H,23,28). The average Bonchev–Trinajstić information content (AvgIpc) is 3.47. The van der Waals surface area contributed by atoms with Crippen LogP contribution in [0.5, 0.6) is 5.75 Å². The number of hydrogen-bond donors (Lipinski definition) is 2. The SMILES string of the molecule is COc1ccc(-c2nc(CNC(=O)c3c[nH]c(=O)n(Cc4cccs4)c3=O)cs2)cc1. The van der Waals surface area contributed by atoms with Crippen LogP contribution in [0.4, 0.5) is 0 Å². The third kappa shape index (κ3) is 4.65. The summed E-state index contributed by atoms with van der Waals surface area (Å²) in [5.41, 5.74) is 0.306. The molecular formula is C21H18N4O4S2. The number of thiophene rings is 1. The van der Waals surface area contributed by atoms with Gasteiger partial charge in [-0.3, -0.25) is 14.2 Å². The number of thiazole rings is 1. The molecule has 0 aliphatic rings. The second-order valence-electron chi connectivity index (χ2n) is 6.53. The van der Waals surface area contributed by atoms with Gasteiger partial charge in [-0.2, -0.15) is 0 Å². The van der Waals surface area contributed by atoms with Gasteiger partial charge in [0.05, 0.1) is 25.9 Å². The summed E-state index contributed by atoms with van der Waals surface area (Å²) >= 11 is 2.89. The Kier molecular flexibility index (Phi) is 6.10. The van der Waals surface area contributed by atoms with Crippen LogP contribution in [0.1, 0.15) is 20.9 Å². The minimum atomic E-state index is -0.633. The Morgan fingerprint density at radius 3 is 2.71 bits per heavy atom. The highest BCUT2D eigenvalue weighted by molar-refractivity contribution is 7.13. The molecule has 0 saturated heterocycles. The molecule has 0 fully saturated rings. The lowest BCUT2D eigenvalue weighted by atomic mass is 10.2. The van der Waals surface area contributed by atoms with E-state index >= 15 is 0 Å². The molecule has 31 heavy (non-hydrogen) atoms. The smallest absolute Gasteiger partial charge is 0.328 e. The van der Waals surface area contributed by atoms with Crippen LogP contribution < -0.4 is 21.3 Å². The van der Waals surface area contributed by atoms with Crippen molar-refractivity contribution >= 4 is 28.6 Å². The van der Waals surface area contributed by atoms with Crippen LogP contribution in [0.3, 0.4) is 0 Å². The van der Waals surface area contributed by atoms with Gasteiger partial charge in [-0.1, -0.05) is 6.07 Å². The molecule has 10 heteroatoms. The summed E-state index contributed by atoms with van der Waals surface area (Å²) in [5.74, 6) is 0.193. The van der Waals surface area contributed by atoms with E-state index in [0.29, 0.717) is 5.69 Å². The molecule has 4 aromatic rings. The van der Waals surface area contributed by atoms with Gasteiger partial charge >= 0.3 is 5.69 Å². The molecule has 8 nitrogen and oxygen atoms in total. The van der Waals surface area contributed by atoms with Crippen molar-refractivity contribution < 1.29 is 9.53 Å². The van der Waals surface area contributed by atoms with Gasteiger partial charge in [0.25, 0.3) is 11.5 Å². The van der Waals surface area contributed by atoms with Crippen molar-refractivity contribution in [1.29, 1.82) is 0 Å². The summed E-state index contributed by atoms with van der Waals surface area (Å²) in [7, 11) is 1.61. The zero-order valence-corrected chi connectivity index (χ0v) is 18.1. The molecular weight excluding hydrogens is 436 g/mol. The predicted octanol–water partition coefficient (Wildman–Crippen LogP) is 2.71. The fraction of sp³-hybridized carbons (Fsp3) is 0.143. The van der Waals surface area contributed by atoms with Crippen LogP contribution in [-0.4, -0.2) is 27.6 Å². The lowest BCUT2D eigenvalue weighted by Crippen LogP contribution is -2.40. The highest BCUT2D eigenvalue weighted by atomic mass is 32.1. The number of H-pyrrole nitrogens is 1. The number of amides is 1. The lowest BCUT2D eigenvalue weighted by molar-refractivity contribution is 0.0947. The molecule has 0 radical (unpaired) electrons. The summed E-state index contributed by atoms with van der Waals surface area (Å²) in [5, 5.41) is 7.22. The molecule has 0 aliphatic carbocycles. The number of carbonyl (C=O) groups is 1. The Morgan fingerprint density at radius 2 is 2.00 bits per heavy atom. The van der Waals surface area contributed by atoms with Gasteiger partial charge < -0.3 is 15.0 Å². The van der Waals surface area contributed by atoms with Crippen LogP contribution >= 0.6 is 22.7 Å². The van der Waals surface area contributed by atoms with Gasteiger partial charge in [0.1, 0.15) is 16.3 Å². The van der Waals surface area contributed by atoms with Crippen molar-refractivity contribution in [3.05, 3.63) is 90.3 Å². The van der Waals surface area contributed by atoms with Crippen molar-refractivity contribution in [2.24, 2.45) is 0 Å². The van der Waals surface area contributed by atoms with Gasteiger partial charge in [0.2, 0.25) is 0 Å². The Hall–Kier alpha value is -3.50. The molecule has 0 aliphatic heterocycles. The first-order valence-electron chi connectivity index (χ1n) is 9.27. The number of methoxy groups -OCH3 is 1. The van der Waals surface area contributed by atoms with Gasteiger partial charge in [-0.25, -0.2) is 9.78 Å². The quantitative estimate of drug-likeness (QED) is 0.447. The summed E-state index contributed by atoms with van der Waals surface area (Å²) in [6.07, 6.45) is 1.15. The maximum atomic E-state index is 12.7. The van der Waals surface area contributed by atoms with E-state index in [1.807, 2.05) is 47.2 Å². The fourth-order valence-corrected chi connectivity index (χ4v) is 4.41. The molecule has 1 aromatic carbocycles. The number of nitrogens with zero attached hydrogens (tertiary/aromatic N) is 2. The number of carbonyl (C=O) groups excluding carboxylic acids is 1. The highest BCUT2D eigenvalue weighted by Crippen LogP contribution is 2.25. The van der Waals surface area contributed by atoms with E-state index < -0.39 is 17.2 Å². The number of nitrogens with one attached hydrogen (secondary N) is 2. The summed E-state index contributed by atoms with van der Waals surface area (Å²) in [4.78, 5) is 45.1. The van der Waals surface area contributed by atoms with Crippen LogP contribution in [0.2, 0.25) is 0 Å². The Morgan fingerprint density at radius 1 is 1.19 bits per heavy atom. The van der Waals surface area contributed by atoms with Crippen molar-refractivity contribution in [2.45, 2.75) is 13.1 Å². The summed E-state index contributed by atoms with van der Waals surface area (Å²) < 4.78 is 6.18. The topological polar surface area (TPSA) is 106 Å². The predicted molar refractivity (Wildman–Crippen MR) is 120 cm³/mol. The molecule has 0 unspecified atom stereocenters. The van der Waals surface area contributed by atoms with E-state index in [4.69, 9.17) is 4.74 Å². The molecule has 0 atom stereocenters. The van der Waals surface area contributed by atoms with Crippen molar-refractivity contribution in [3.63, 3.8) is 0 Å². The number of aromatic amines is 1. The Labute approximate surface area is 184 Å². The van der Waals surface area contributed by atoms with E-state index in [0.717, 1.165) is 32.0 Å². The molecule has 3 heterocycles. The van der Waals surface area contributed by atoms with E-state index in [2.05, 4.69) is 15.3 Å². The average molecular weight is 455 g/mol. The number of benzene rings is 1. The first-order chi connectivity index (χ1) is 15.0. The number of ether oxygens (including phenoxy) is 1. The zero-order valence-electron chi connectivity index (χ0n) is 16.5. The Balaban J connectivity index is 1.46. The minimum absolute atomic E-state index is 0.115. The first kappa shape index (κ1) is 20.8. The molecule has 0 saturated carbocycles. The lowest BCUT2D eigenvalue weighted by Gasteiger charge is -2.06. The number of rotatable bonds is 7. The maximum absolute atomic E-state index is 12.7. The zero-order chi connectivity index (χ0) is 21.8. The fourth-order valence-electron chi connectivity index (χ4n) is 2.90. The monoisotopic (exact) mass is 454 g/mol. The summed E-state index contributed by atoms with van der Waals surface area (Å²) in [6, 6.07) is 11.2. The van der Waals surface area contributed by atoms with Gasteiger partial charge in [-0.15, -0.1) is 22.7 Å². The third-order valence-electron chi connectivity index (χ3n) is 4.52. The van der Waals surface area contributed by atoms with Crippen molar-refractivity contribution in [2.75, 3.05) is 7.11 Å². The highest BCUT2D eigenvalue weighted by Gasteiger charge is 2.16. The molecule has 3 aromatic heterocycles. The molecule has 0 spiro atoms. The molecule has 1 amide bonds. The third-order valence-corrected chi connectivity index (χ3v) is 6.32.